The minimum Gasteiger partial charge on any atom is -0.352 e. The second-order valence-corrected chi connectivity index (χ2v) is 11.8. The van der Waals surface area contributed by atoms with E-state index >= 15 is 0 Å². The molecular formula is C36H60N2O4. The van der Waals surface area contributed by atoms with Gasteiger partial charge in [0.1, 0.15) is 0 Å². The van der Waals surface area contributed by atoms with Gasteiger partial charge >= 0.3 is 0 Å². The number of rotatable bonds is 26. The molecular weight excluding hydrogens is 524 g/mol. The quantitative estimate of drug-likeness (QED) is 0.0838. The third-order valence-electron chi connectivity index (χ3n) is 7.89. The third-order valence-corrected chi connectivity index (χ3v) is 7.89. The largest absolute Gasteiger partial charge is 0.352 e. The number of carbonyl (C=O) groups is 4. The van der Waals surface area contributed by atoms with Gasteiger partial charge in [0.15, 0.2) is 11.6 Å². The fourth-order valence-electron chi connectivity index (χ4n) is 5.18. The lowest BCUT2D eigenvalue weighted by atomic mass is 9.90. The van der Waals surface area contributed by atoms with Crippen LogP contribution in [0.5, 0.6) is 0 Å². The summed E-state index contributed by atoms with van der Waals surface area (Å²) < 4.78 is 0. The van der Waals surface area contributed by atoms with Gasteiger partial charge in [0.25, 0.3) is 11.8 Å². The summed E-state index contributed by atoms with van der Waals surface area (Å²) >= 11 is 0. The average molecular weight is 585 g/mol. The summed E-state index contributed by atoms with van der Waals surface area (Å²) in [4.78, 5) is 53.8. The van der Waals surface area contributed by atoms with Crippen molar-refractivity contribution in [1.82, 2.24) is 10.6 Å². The zero-order chi connectivity index (χ0) is 31.0. The minimum absolute atomic E-state index is 0.133. The van der Waals surface area contributed by atoms with E-state index in [2.05, 4.69) is 38.3 Å². The summed E-state index contributed by atoms with van der Waals surface area (Å²) in [6.07, 6.45) is 19.0. The Morgan fingerprint density at radius 2 is 0.738 bits per heavy atom. The van der Waals surface area contributed by atoms with Crippen LogP contribution in [-0.4, -0.2) is 36.5 Å². The van der Waals surface area contributed by atoms with Gasteiger partial charge in [-0.1, -0.05) is 118 Å². The molecule has 0 aliphatic heterocycles. The molecule has 1 aromatic carbocycles. The Balaban J connectivity index is 3.32. The number of hydrogen-bond donors (Lipinski definition) is 2. The zero-order valence-corrected chi connectivity index (χ0v) is 27.3. The molecule has 0 saturated carbocycles. The van der Waals surface area contributed by atoms with Crippen LogP contribution >= 0.6 is 0 Å². The highest BCUT2D eigenvalue weighted by Gasteiger charge is 2.25. The van der Waals surface area contributed by atoms with Crippen molar-refractivity contribution in [2.75, 3.05) is 13.1 Å². The molecule has 238 valence electrons. The monoisotopic (exact) mass is 584 g/mol. The van der Waals surface area contributed by atoms with Crippen molar-refractivity contribution >= 4 is 23.4 Å². The van der Waals surface area contributed by atoms with E-state index in [4.69, 9.17) is 0 Å². The van der Waals surface area contributed by atoms with Gasteiger partial charge in [-0.2, -0.15) is 0 Å². The molecule has 0 aromatic heterocycles. The van der Waals surface area contributed by atoms with Crippen LogP contribution in [0.2, 0.25) is 0 Å². The van der Waals surface area contributed by atoms with Crippen LogP contribution in [0.3, 0.4) is 0 Å². The van der Waals surface area contributed by atoms with Gasteiger partial charge in [-0.3, -0.25) is 19.2 Å². The first-order valence-electron chi connectivity index (χ1n) is 17.2. The van der Waals surface area contributed by atoms with E-state index < -0.39 is 0 Å². The van der Waals surface area contributed by atoms with Crippen LogP contribution in [0, 0.1) is 0 Å². The molecule has 0 aliphatic rings. The maximum atomic E-state index is 13.5. The third kappa shape index (κ3) is 15.1. The lowest BCUT2D eigenvalue weighted by Crippen LogP contribution is -2.30. The molecule has 6 heteroatoms. The number of nitrogens with one attached hydrogen (secondary N) is 2. The van der Waals surface area contributed by atoms with Crippen LogP contribution in [0.15, 0.2) is 12.1 Å². The molecule has 42 heavy (non-hydrogen) atoms. The second kappa shape index (κ2) is 24.0. The summed E-state index contributed by atoms with van der Waals surface area (Å²) in [5.74, 6) is -0.968. The smallest absolute Gasteiger partial charge is 0.252 e. The van der Waals surface area contributed by atoms with Gasteiger partial charge in [-0.15, -0.1) is 0 Å². The van der Waals surface area contributed by atoms with Crippen molar-refractivity contribution < 1.29 is 19.2 Å². The van der Waals surface area contributed by atoms with Crippen molar-refractivity contribution in [2.45, 2.75) is 156 Å². The summed E-state index contributed by atoms with van der Waals surface area (Å²) in [5, 5.41) is 5.93. The van der Waals surface area contributed by atoms with E-state index in [1.54, 1.807) is 6.07 Å². The lowest BCUT2D eigenvalue weighted by Gasteiger charge is -2.16. The first kappa shape index (κ1) is 37.5. The summed E-state index contributed by atoms with van der Waals surface area (Å²) in [6, 6.07) is 3.07. The SMILES string of the molecule is CCCCCCCC(=O)c1cc(C(=O)CCCCCCC)c(C(=O)NCCCCCC)cc1C(=O)NCCCCCC. The fourth-order valence-corrected chi connectivity index (χ4v) is 5.18. The van der Waals surface area contributed by atoms with E-state index in [0.717, 1.165) is 116 Å². The fraction of sp³-hybridized carbons (Fsp3) is 0.722. The first-order valence-corrected chi connectivity index (χ1v) is 17.2. The Labute approximate surface area is 256 Å². The Morgan fingerprint density at radius 3 is 1.10 bits per heavy atom. The van der Waals surface area contributed by atoms with Gasteiger partial charge in [0.2, 0.25) is 0 Å². The summed E-state index contributed by atoms with van der Waals surface area (Å²) in [7, 11) is 0. The molecule has 0 saturated heterocycles. The van der Waals surface area contributed by atoms with Crippen LogP contribution in [0.25, 0.3) is 0 Å². The van der Waals surface area contributed by atoms with Crippen molar-refractivity contribution in [3.8, 4) is 0 Å². The van der Waals surface area contributed by atoms with E-state index in [1.807, 2.05) is 0 Å². The molecule has 1 aromatic rings. The number of carbonyl (C=O) groups excluding carboxylic acids is 4. The average Bonchev–Trinajstić information content (AvgIpc) is 2.99. The molecule has 0 fully saturated rings. The van der Waals surface area contributed by atoms with Crippen LogP contribution in [-0.2, 0) is 0 Å². The van der Waals surface area contributed by atoms with Crippen LogP contribution < -0.4 is 10.6 Å². The molecule has 2 N–H and O–H groups in total. The molecule has 6 nitrogen and oxygen atoms in total. The summed E-state index contributed by atoms with van der Waals surface area (Å²) in [6.45, 7) is 9.63. The zero-order valence-electron chi connectivity index (χ0n) is 27.3. The minimum atomic E-state index is -0.351. The van der Waals surface area contributed by atoms with Crippen molar-refractivity contribution in [3.05, 3.63) is 34.4 Å². The van der Waals surface area contributed by atoms with Crippen LogP contribution in [0.4, 0.5) is 0 Å². The highest BCUT2D eigenvalue weighted by atomic mass is 16.2. The summed E-state index contributed by atoms with van der Waals surface area (Å²) in [5.41, 5.74) is 0.954. The van der Waals surface area contributed by atoms with Crippen molar-refractivity contribution in [2.24, 2.45) is 0 Å². The van der Waals surface area contributed by atoms with E-state index in [-0.39, 0.29) is 45.6 Å². The Bertz CT molecular complexity index is 794. The highest BCUT2D eigenvalue weighted by Crippen LogP contribution is 2.23. The van der Waals surface area contributed by atoms with E-state index in [1.165, 1.54) is 6.07 Å². The number of hydrogen-bond acceptors (Lipinski definition) is 4. The van der Waals surface area contributed by atoms with E-state index in [9.17, 15) is 19.2 Å². The van der Waals surface area contributed by atoms with E-state index in [0.29, 0.717) is 25.9 Å². The van der Waals surface area contributed by atoms with Crippen molar-refractivity contribution in [3.63, 3.8) is 0 Å². The van der Waals surface area contributed by atoms with Crippen LogP contribution in [0.1, 0.15) is 198 Å². The van der Waals surface area contributed by atoms with Gasteiger partial charge in [0.05, 0.1) is 11.1 Å². The van der Waals surface area contributed by atoms with Gasteiger partial charge in [-0.05, 0) is 37.8 Å². The van der Waals surface area contributed by atoms with Gasteiger partial charge < -0.3 is 10.6 Å². The van der Waals surface area contributed by atoms with Gasteiger partial charge in [0, 0.05) is 37.1 Å². The second-order valence-electron chi connectivity index (χ2n) is 11.8. The Kier molecular flexibility index (Phi) is 21.4. The molecule has 0 unspecified atom stereocenters. The normalized spacial score (nSPS) is 11.0. The first-order chi connectivity index (χ1) is 20.4. The van der Waals surface area contributed by atoms with Gasteiger partial charge in [-0.25, -0.2) is 0 Å². The number of unbranched alkanes of at least 4 members (excludes halogenated alkanes) is 14. The standard InChI is InChI=1S/C36H60N2O4/c1-5-9-13-17-19-23-33(39)29-27-30(34(40)24-20-18-14-10-6-2)32(36(42)38-26-22-16-12-8-4)28-31(29)35(41)37-25-21-15-11-7-3/h27-28H,5-26H2,1-4H3,(H,37,41)(H,38,42). The number of amides is 2. The molecule has 1 rings (SSSR count). The maximum Gasteiger partial charge on any atom is 0.252 e. The molecule has 0 heterocycles. The molecule has 2 amide bonds. The number of ketones is 2. The molecule has 0 bridgehead atoms. The Morgan fingerprint density at radius 1 is 0.429 bits per heavy atom. The predicted molar refractivity (Wildman–Crippen MR) is 175 cm³/mol. The molecule has 0 spiro atoms. The highest BCUT2D eigenvalue weighted by molar-refractivity contribution is 6.14. The number of benzene rings is 1. The maximum absolute atomic E-state index is 13.5. The predicted octanol–water partition coefficient (Wildman–Crippen LogP) is 9.39. The Hall–Kier alpha value is -2.50. The molecule has 0 atom stereocenters. The van der Waals surface area contributed by atoms with Crippen molar-refractivity contribution in [1.29, 1.82) is 0 Å². The lowest BCUT2D eigenvalue weighted by molar-refractivity contribution is 0.0919. The number of Topliss-reactive ketones (excluding diaryl/α,β-unsaturated/α-hetero) is 2. The topological polar surface area (TPSA) is 92.3 Å². The molecule has 0 aliphatic carbocycles. The molecule has 0 radical (unpaired) electrons.